The number of rotatable bonds is 13. The number of hydrogen-bond donors (Lipinski definition) is 1. The molecule has 0 bridgehead atoms. The zero-order valence-corrected chi connectivity index (χ0v) is 22.6. The molecule has 2 aromatic carbocycles. The molecule has 0 saturated heterocycles. The highest BCUT2D eigenvalue weighted by molar-refractivity contribution is 5.86. The Kier molecular flexibility index (Phi) is 10.5. The summed E-state index contributed by atoms with van der Waals surface area (Å²) >= 11 is 0. The first-order valence-electron chi connectivity index (χ1n) is 13.1. The number of aliphatic hydroxyl groups is 1. The molecule has 0 aliphatic heterocycles. The van der Waals surface area contributed by atoms with E-state index in [0.29, 0.717) is 19.8 Å². The fourth-order valence-corrected chi connectivity index (χ4v) is 4.59. The summed E-state index contributed by atoms with van der Waals surface area (Å²) in [6.45, 7) is 8.85. The molecule has 0 heterocycles. The Morgan fingerprint density at radius 3 is 1.95 bits per heavy atom. The van der Waals surface area contributed by atoms with Gasteiger partial charge in [-0.3, -0.25) is 9.69 Å². The molecular formula is C29H40N2O6. The highest BCUT2D eigenvalue weighted by Gasteiger charge is 2.36. The van der Waals surface area contributed by atoms with Crippen molar-refractivity contribution in [2.75, 3.05) is 40.0 Å². The first-order valence-corrected chi connectivity index (χ1v) is 13.1. The highest BCUT2D eigenvalue weighted by atomic mass is 16.7. The van der Waals surface area contributed by atoms with Crippen LogP contribution in [-0.4, -0.2) is 79.2 Å². The van der Waals surface area contributed by atoms with Gasteiger partial charge in [0.15, 0.2) is 12.4 Å². The molecule has 1 aliphatic rings. The molecule has 8 nitrogen and oxygen atoms in total. The van der Waals surface area contributed by atoms with Crippen LogP contribution < -0.4 is 0 Å². The maximum Gasteiger partial charge on any atom is 0.411 e. The van der Waals surface area contributed by atoms with Crippen LogP contribution >= 0.6 is 0 Å². The molecule has 8 heteroatoms. The number of hydrogen-bond acceptors (Lipinski definition) is 6. The molecule has 37 heavy (non-hydrogen) atoms. The fourth-order valence-electron chi connectivity index (χ4n) is 4.59. The summed E-state index contributed by atoms with van der Waals surface area (Å²) < 4.78 is 17.3. The monoisotopic (exact) mass is 512 g/mol. The zero-order chi connectivity index (χ0) is 26.9. The van der Waals surface area contributed by atoms with Crippen molar-refractivity contribution in [1.29, 1.82) is 0 Å². The average Bonchev–Trinajstić information content (AvgIpc) is 3.22. The van der Waals surface area contributed by atoms with Gasteiger partial charge < -0.3 is 24.2 Å². The topological polar surface area (TPSA) is 88.5 Å². The largest absolute Gasteiger partial charge is 0.436 e. The Balaban J connectivity index is 1.79. The van der Waals surface area contributed by atoms with Gasteiger partial charge in [0.25, 0.3) is 0 Å². The van der Waals surface area contributed by atoms with Crippen LogP contribution in [0.3, 0.4) is 0 Å². The minimum absolute atomic E-state index is 0.202. The van der Waals surface area contributed by atoms with Crippen LogP contribution in [0, 0.1) is 5.92 Å². The number of nitrogens with zero attached hydrogens (tertiary/aromatic N) is 2. The number of aliphatic hydroxyl groups excluding tert-OH is 1. The summed E-state index contributed by atoms with van der Waals surface area (Å²) in [5.41, 5.74) is 3.83. The van der Waals surface area contributed by atoms with Gasteiger partial charge in [-0.05, 0) is 30.9 Å². The van der Waals surface area contributed by atoms with E-state index in [0.717, 1.165) is 28.7 Å². The molecule has 2 aromatic rings. The van der Waals surface area contributed by atoms with Crippen LogP contribution in [0.4, 0.5) is 4.79 Å². The van der Waals surface area contributed by atoms with Crippen LogP contribution in [0.25, 0.3) is 11.1 Å². The second-order valence-corrected chi connectivity index (χ2v) is 9.34. The number of amides is 2. The first-order chi connectivity index (χ1) is 17.9. The molecule has 2 atom stereocenters. The smallest absolute Gasteiger partial charge is 0.411 e. The van der Waals surface area contributed by atoms with E-state index < -0.39 is 31.1 Å². The van der Waals surface area contributed by atoms with Crippen molar-refractivity contribution >= 4 is 12.0 Å². The van der Waals surface area contributed by atoms with E-state index in [4.69, 9.17) is 14.2 Å². The van der Waals surface area contributed by atoms with Crippen molar-refractivity contribution in [3.05, 3.63) is 59.7 Å². The normalized spacial score (nSPS) is 14.1. The summed E-state index contributed by atoms with van der Waals surface area (Å²) in [7, 11) is 1.48. The summed E-state index contributed by atoms with van der Waals surface area (Å²) in [4.78, 5) is 29.8. The Hall–Kier alpha value is -2.94. The number of fused-ring (bicyclic) bond motifs is 3. The van der Waals surface area contributed by atoms with E-state index in [1.54, 1.807) is 4.90 Å². The third-order valence-corrected chi connectivity index (χ3v) is 6.82. The molecule has 3 rings (SSSR count). The minimum Gasteiger partial charge on any atom is -0.436 e. The zero-order valence-electron chi connectivity index (χ0n) is 22.6. The second-order valence-electron chi connectivity index (χ2n) is 9.34. The van der Waals surface area contributed by atoms with Gasteiger partial charge in [0.05, 0.1) is 13.2 Å². The van der Waals surface area contributed by atoms with Crippen molar-refractivity contribution in [1.82, 2.24) is 9.80 Å². The van der Waals surface area contributed by atoms with Gasteiger partial charge in [0.2, 0.25) is 5.91 Å². The lowest BCUT2D eigenvalue weighted by Gasteiger charge is -2.34. The van der Waals surface area contributed by atoms with Crippen LogP contribution in [0.1, 0.15) is 51.3 Å². The number of likely N-dealkylation sites (N-methyl/N-ethyl adjacent to an activating group) is 1. The van der Waals surface area contributed by atoms with Crippen LogP contribution in [0.5, 0.6) is 0 Å². The fraction of sp³-hybridized carbons (Fsp3) is 0.517. The van der Waals surface area contributed by atoms with Crippen molar-refractivity contribution in [3.63, 3.8) is 0 Å². The Labute approximate surface area is 220 Å². The lowest BCUT2D eigenvalue weighted by atomic mass is 10.1. The van der Waals surface area contributed by atoms with Gasteiger partial charge in [0, 0.05) is 37.9 Å². The van der Waals surface area contributed by atoms with Crippen molar-refractivity contribution in [2.45, 2.75) is 52.6 Å². The first kappa shape index (κ1) is 28.6. The van der Waals surface area contributed by atoms with E-state index >= 15 is 0 Å². The van der Waals surface area contributed by atoms with E-state index in [1.807, 2.05) is 62.4 Å². The molecule has 0 fully saturated rings. The molecule has 2 unspecified atom stereocenters. The number of benzene rings is 2. The van der Waals surface area contributed by atoms with E-state index in [2.05, 4.69) is 13.8 Å². The average molecular weight is 513 g/mol. The van der Waals surface area contributed by atoms with Crippen molar-refractivity contribution in [2.24, 2.45) is 5.92 Å². The number of carbonyl (C=O) groups is 2. The second kappa shape index (κ2) is 13.6. The van der Waals surface area contributed by atoms with Crippen molar-refractivity contribution in [3.8, 4) is 11.1 Å². The Morgan fingerprint density at radius 2 is 1.46 bits per heavy atom. The summed E-state index contributed by atoms with van der Waals surface area (Å²) in [5, 5.41) is 10.2. The molecule has 0 saturated carbocycles. The molecule has 1 aliphatic carbocycles. The van der Waals surface area contributed by atoms with Crippen LogP contribution in [0.2, 0.25) is 0 Å². The van der Waals surface area contributed by atoms with Crippen molar-refractivity contribution < 1.29 is 28.9 Å². The Morgan fingerprint density at radius 1 is 0.919 bits per heavy atom. The van der Waals surface area contributed by atoms with Crippen LogP contribution in [-0.2, 0) is 19.0 Å². The maximum absolute atomic E-state index is 13.7. The SMILES string of the molecule is CCOC(CN(CC(C)CC)C(=O)C(CO)N(C)C(=O)OC1c2ccccc2-c2ccccc21)OCC. The van der Waals surface area contributed by atoms with Gasteiger partial charge in [-0.2, -0.15) is 0 Å². The Bertz CT molecular complexity index is 993. The molecule has 2 amide bonds. The van der Waals surface area contributed by atoms with E-state index in [9.17, 15) is 14.7 Å². The van der Waals surface area contributed by atoms with Gasteiger partial charge in [0.1, 0.15) is 6.04 Å². The minimum atomic E-state index is -1.10. The standard InChI is InChI=1S/C29H40N2O6/c1-6-20(4)17-31(18-26(35-7-2)36-8-3)28(33)25(19-32)30(5)29(34)37-27-23-15-11-9-13-21(23)22-14-10-12-16-24(22)27/h9-16,20,25-27,32H,6-8,17-19H2,1-5H3. The van der Waals surface area contributed by atoms with E-state index in [-0.39, 0.29) is 18.4 Å². The molecule has 1 N–H and O–H groups in total. The number of ether oxygens (including phenoxy) is 3. The molecule has 202 valence electrons. The predicted octanol–water partition coefficient (Wildman–Crippen LogP) is 4.46. The predicted molar refractivity (Wildman–Crippen MR) is 142 cm³/mol. The lowest BCUT2D eigenvalue weighted by molar-refractivity contribution is -0.163. The summed E-state index contributed by atoms with van der Waals surface area (Å²) in [5.74, 6) is -0.158. The maximum atomic E-state index is 13.7. The highest BCUT2D eigenvalue weighted by Crippen LogP contribution is 2.45. The third kappa shape index (κ3) is 6.69. The van der Waals surface area contributed by atoms with Gasteiger partial charge in [-0.1, -0.05) is 68.8 Å². The summed E-state index contributed by atoms with van der Waals surface area (Å²) in [6.07, 6.45) is -0.988. The molecule has 0 spiro atoms. The lowest BCUT2D eigenvalue weighted by Crippen LogP contribution is -2.54. The number of carbonyl (C=O) groups excluding carboxylic acids is 2. The quantitative estimate of drug-likeness (QED) is 0.399. The summed E-state index contributed by atoms with van der Waals surface area (Å²) in [6, 6.07) is 14.5. The van der Waals surface area contributed by atoms with Crippen LogP contribution in [0.15, 0.2) is 48.5 Å². The van der Waals surface area contributed by atoms with Gasteiger partial charge >= 0.3 is 6.09 Å². The molecule has 0 radical (unpaired) electrons. The van der Waals surface area contributed by atoms with E-state index in [1.165, 1.54) is 11.9 Å². The van der Waals surface area contributed by atoms with Gasteiger partial charge in [-0.15, -0.1) is 0 Å². The van der Waals surface area contributed by atoms with Gasteiger partial charge in [-0.25, -0.2) is 4.79 Å². The third-order valence-electron chi connectivity index (χ3n) is 6.82. The molecule has 0 aromatic heterocycles. The molecular weight excluding hydrogens is 472 g/mol.